The van der Waals surface area contributed by atoms with Crippen molar-refractivity contribution in [3.8, 4) is 0 Å². The fraction of sp³-hybridized carbons (Fsp3) is 0.500. The van der Waals surface area contributed by atoms with Crippen molar-refractivity contribution in [3.05, 3.63) is 28.0 Å². The monoisotopic (exact) mass is 330 g/mol. The standard InChI is InChI=1S/C14H20BrFN2O/c1-3-4-5-6-9(2)18-14(19)10-7-13(17)12(16)8-11(10)15/h7-9H,3-6,17H2,1-2H3,(H,18,19). The van der Waals surface area contributed by atoms with E-state index < -0.39 is 5.82 Å². The van der Waals surface area contributed by atoms with E-state index in [2.05, 4.69) is 28.2 Å². The Labute approximate surface area is 121 Å². The number of amides is 1. The highest BCUT2D eigenvalue weighted by Crippen LogP contribution is 2.23. The van der Waals surface area contributed by atoms with Crippen LogP contribution in [-0.2, 0) is 0 Å². The molecule has 1 aromatic rings. The Bertz CT molecular complexity index is 451. The summed E-state index contributed by atoms with van der Waals surface area (Å²) >= 11 is 3.18. The topological polar surface area (TPSA) is 55.1 Å². The number of halogens is 2. The molecule has 0 aliphatic carbocycles. The van der Waals surface area contributed by atoms with E-state index in [4.69, 9.17) is 5.73 Å². The summed E-state index contributed by atoms with van der Waals surface area (Å²) in [5.74, 6) is -0.762. The van der Waals surface area contributed by atoms with E-state index in [9.17, 15) is 9.18 Å². The molecule has 0 saturated heterocycles. The van der Waals surface area contributed by atoms with Crippen LogP contribution in [-0.4, -0.2) is 11.9 Å². The molecule has 5 heteroatoms. The Hall–Kier alpha value is -1.10. The molecule has 1 unspecified atom stereocenters. The molecule has 0 aromatic heterocycles. The van der Waals surface area contributed by atoms with E-state index >= 15 is 0 Å². The molecule has 0 saturated carbocycles. The van der Waals surface area contributed by atoms with Crippen LogP contribution < -0.4 is 11.1 Å². The van der Waals surface area contributed by atoms with Crippen molar-refractivity contribution in [3.63, 3.8) is 0 Å². The number of hydrogen-bond acceptors (Lipinski definition) is 2. The Balaban J connectivity index is 2.65. The van der Waals surface area contributed by atoms with E-state index in [1.807, 2.05) is 6.92 Å². The lowest BCUT2D eigenvalue weighted by molar-refractivity contribution is 0.0937. The van der Waals surface area contributed by atoms with Crippen molar-refractivity contribution >= 4 is 27.5 Å². The SMILES string of the molecule is CCCCCC(C)NC(=O)c1cc(N)c(F)cc1Br. The fourth-order valence-electron chi connectivity index (χ4n) is 1.81. The van der Waals surface area contributed by atoms with Crippen molar-refractivity contribution in [2.24, 2.45) is 0 Å². The lowest BCUT2D eigenvalue weighted by Gasteiger charge is -2.14. The summed E-state index contributed by atoms with van der Waals surface area (Å²) in [6, 6.07) is 2.66. The highest BCUT2D eigenvalue weighted by Gasteiger charge is 2.15. The van der Waals surface area contributed by atoms with Gasteiger partial charge in [-0.1, -0.05) is 26.2 Å². The van der Waals surface area contributed by atoms with Crippen molar-refractivity contribution in [1.82, 2.24) is 5.32 Å². The third-order valence-corrected chi connectivity index (χ3v) is 3.61. The zero-order valence-electron chi connectivity index (χ0n) is 11.3. The minimum absolute atomic E-state index is 0.0213. The number of benzene rings is 1. The first-order valence-electron chi connectivity index (χ1n) is 6.51. The number of carbonyl (C=O) groups excluding carboxylic acids is 1. The van der Waals surface area contributed by atoms with Crippen LogP contribution in [0.3, 0.4) is 0 Å². The van der Waals surface area contributed by atoms with Crippen molar-refractivity contribution < 1.29 is 9.18 Å². The van der Waals surface area contributed by atoms with Gasteiger partial charge in [-0.15, -0.1) is 0 Å². The van der Waals surface area contributed by atoms with E-state index in [1.165, 1.54) is 12.1 Å². The Kier molecular flexibility index (Phi) is 6.28. The summed E-state index contributed by atoms with van der Waals surface area (Å²) in [7, 11) is 0. The summed E-state index contributed by atoms with van der Waals surface area (Å²) in [6.07, 6.45) is 4.34. The number of anilines is 1. The minimum Gasteiger partial charge on any atom is -0.396 e. The van der Waals surface area contributed by atoms with Crippen LogP contribution in [0.4, 0.5) is 10.1 Å². The summed E-state index contributed by atoms with van der Waals surface area (Å²) < 4.78 is 13.6. The van der Waals surface area contributed by atoms with E-state index in [0.29, 0.717) is 10.0 Å². The lowest BCUT2D eigenvalue weighted by Crippen LogP contribution is -2.32. The van der Waals surface area contributed by atoms with E-state index in [0.717, 1.165) is 25.7 Å². The largest absolute Gasteiger partial charge is 0.396 e. The number of nitrogens with one attached hydrogen (secondary N) is 1. The quantitative estimate of drug-likeness (QED) is 0.614. The maximum absolute atomic E-state index is 13.2. The molecule has 1 amide bonds. The first kappa shape index (κ1) is 16.0. The fourth-order valence-corrected chi connectivity index (χ4v) is 2.31. The van der Waals surface area contributed by atoms with Gasteiger partial charge in [-0.25, -0.2) is 4.39 Å². The minimum atomic E-state index is -0.528. The lowest BCUT2D eigenvalue weighted by atomic mass is 10.1. The van der Waals surface area contributed by atoms with Crippen LogP contribution in [0, 0.1) is 5.82 Å². The normalized spacial score (nSPS) is 12.2. The van der Waals surface area contributed by atoms with Gasteiger partial charge in [0, 0.05) is 10.5 Å². The van der Waals surface area contributed by atoms with Gasteiger partial charge in [0.1, 0.15) is 5.82 Å². The van der Waals surface area contributed by atoms with Gasteiger partial charge >= 0.3 is 0 Å². The third-order valence-electron chi connectivity index (χ3n) is 2.95. The van der Waals surface area contributed by atoms with Gasteiger partial charge in [0.25, 0.3) is 5.91 Å². The molecule has 1 aromatic carbocycles. The van der Waals surface area contributed by atoms with Gasteiger partial charge < -0.3 is 11.1 Å². The molecular formula is C14H20BrFN2O. The second kappa shape index (κ2) is 7.48. The van der Waals surface area contributed by atoms with Crippen LogP contribution in [0.2, 0.25) is 0 Å². The molecule has 0 fully saturated rings. The van der Waals surface area contributed by atoms with Crippen molar-refractivity contribution in [2.75, 3.05) is 5.73 Å². The number of nitrogens with two attached hydrogens (primary N) is 1. The first-order valence-corrected chi connectivity index (χ1v) is 7.30. The Morgan fingerprint density at radius 3 is 2.79 bits per heavy atom. The predicted molar refractivity (Wildman–Crippen MR) is 79.6 cm³/mol. The highest BCUT2D eigenvalue weighted by atomic mass is 79.9. The van der Waals surface area contributed by atoms with Crippen molar-refractivity contribution in [1.29, 1.82) is 0 Å². The molecule has 19 heavy (non-hydrogen) atoms. The van der Waals surface area contributed by atoms with Gasteiger partial charge in [0.2, 0.25) is 0 Å². The van der Waals surface area contributed by atoms with Crippen LogP contribution in [0.1, 0.15) is 49.9 Å². The molecule has 0 aliphatic heterocycles. The Morgan fingerprint density at radius 2 is 2.16 bits per heavy atom. The van der Waals surface area contributed by atoms with Crippen LogP contribution in [0.15, 0.2) is 16.6 Å². The number of rotatable bonds is 6. The van der Waals surface area contributed by atoms with Gasteiger partial charge in [-0.2, -0.15) is 0 Å². The maximum Gasteiger partial charge on any atom is 0.252 e. The molecule has 3 nitrogen and oxygen atoms in total. The van der Waals surface area contributed by atoms with Crippen LogP contribution in [0.5, 0.6) is 0 Å². The molecule has 106 valence electrons. The number of unbranched alkanes of at least 4 members (excludes halogenated alkanes) is 2. The van der Waals surface area contributed by atoms with Crippen molar-refractivity contribution in [2.45, 2.75) is 45.6 Å². The van der Waals surface area contributed by atoms with Gasteiger partial charge in [0.15, 0.2) is 0 Å². The Morgan fingerprint density at radius 1 is 1.47 bits per heavy atom. The first-order chi connectivity index (χ1) is 8.95. The zero-order chi connectivity index (χ0) is 14.4. The molecule has 0 bridgehead atoms. The second-order valence-corrected chi connectivity index (χ2v) is 5.58. The van der Waals surface area contributed by atoms with E-state index in [-0.39, 0.29) is 17.6 Å². The summed E-state index contributed by atoms with van der Waals surface area (Å²) in [6.45, 7) is 4.11. The molecule has 0 spiro atoms. The van der Waals surface area contributed by atoms with Gasteiger partial charge in [-0.3, -0.25) is 4.79 Å². The molecule has 0 heterocycles. The summed E-state index contributed by atoms with van der Waals surface area (Å²) in [4.78, 5) is 12.1. The second-order valence-electron chi connectivity index (χ2n) is 4.72. The average molecular weight is 331 g/mol. The van der Waals surface area contributed by atoms with Gasteiger partial charge in [-0.05, 0) is 41.4 Å². The number of nitrogen functional groups attached to an aromatic ring is 1. The summed E-state index contributed by atoms with van der Waals surface area (Å²) in [5.41, 5.74) is 5.82. The summed E-state index contributed by atoms with van der Waals surface area (Å²) in [5, 5.41) is 2.90. The van der Waals surface area contributed by atoms with Crippen LogP contribution >= 0.6 is 15.9 Å². The predicted octanol–water partition coefficient (Wildman–Crippen LogP) is 3.87. The molecule has 3 N–H and O–H groups in total. The molecule has 1 rings (SSSR count). The van der Waals surface area contributed by atoms with E-state index in [1.54, 1.807) is 0 Å². The number of hydrogen-bond donors (Lipinski definition) is 2. The zero-order valence-corrected chi connectivity index (χ0v) is 12.9. The maximum atomic E-state index is 13.2. The average Bonchev–Trinajstić information content (AvgIpc) is 2.34. The number of carbonyl (C=O) groups is 1. The molecule has 1 atom stereocenters. The van der Waals surface area contributed by atoms with Gasteiger partial charge in [0.05, 0.1) is 11.3 Å². The molecular weight excluding hydrogens is 311 g/mol. The highest BCUT2D eigenvalue weighted by molar-refractivity contribution is 9.10. The third kappa shape index (κ3) is 4.82. The molecule has 0 radical (unpaired) electrons. The smallest absolute Gasteiger partial charge is 0.252 e. The van der Waals surface area contributed by atoms with Crippen LogP contribution in [0.25, 0.3) is 0 Å². The molecule has 0 aliphatic rings.